The van der Waals surface area contributed by atoms with E-state index in [0.29, 0.717) is 5.75 Å². The SMILES string of the molecule is CC(=CCOc1ccccc1)C(F)(F)F. The molecule has 0 aliphatic rings. The Hall–Kier alpha value is -1.45. The van der Waals surface area contributed by atoms with E-state index in [9.17, 15) is 13.2 Å². The van der Waals surface area contributed by atoms with Crippen molar-refractivity contribution in [3.63, 3.8) is 0 Å². The van der Waals surface area contributed by atoms with Crippen LogP contribution >= 0.6 is 0 Å². The lowest BCUT2D eigenvalue weighted by Gasteiger charge is -2.07. The van der Waals surface area contributed by atoms with Gasteiger partial charge in [-0.15, -0.1) is 0 Å². The van der Waals surface area contributed by atoms with E-state index in [-0.39, 0.29) is 6.61 Å². The summed E-state index contributed by atoms with van der Waals surface area (Å²) in [7, 11) is 0. The summed E-state index contributed by atoms with van der Waals surface area (Å²) in [5.41, 5.74) is -0.640. The molecule has 0 spiro atoms. The third-order valence-corrected chi connectivity index (χ3v) is 1.83. The Morgan fingerprint density at radius 1 is 1.27 bits per heavy atom. The van der Waals surface area contributed by atoms with Crippen molar-refractivity contribution in [1.29, 1.82) is 0 Å². The first-order valence-corrected chi connectivity index (χ1v) is 4.42. The standard InChI is InChI=1S/C11H11F3O/c1-9(11(12,13)14)7-8-15-10-5-3-2-4-6-10/h2-7H,8H2,1H3. The van der Waals surface area contributed by atoms with E-state index in [1.807, 2.05) is 6.07 Å². The molecular formula is C11H11F3O. The van der Waals surface area contributed by atoms with Gasteiger partial charge in [0.15, 0.2) is 0 Å². The molecule has 0 saturated carbocycles. The molecule has 1 aromatic carbocycles. The molecule has 0 unspecified atom stereocenters. The van der Waals surface area contributed by atoms with Crippen LogP contribution < -0.4 is 4.74 Å². The molecule has 82 valence electrons. The van der Waals surface area contributed by atoms with Crippen LogP contribution in [-0.2, 0) is 0 Å². The van der Waals surface area contributed by atoms with Gasteiger partial charge in [-0.25, -0.2) is 0 Å². The summed E-state index contributed by atoms with van der Waals surface area (Å²) in [6.07, 6.45) is -3.24. The Kier molecular flexibility index (Phi) is 3.77. The van der Waals surface area contributed by atoms with E-state index in [1.165, 1.54) is 0 Å². The van der Waals surface area contributed by atoms with Crippen molar-refractivity contribution in [2.75, 3.05) is 6.61 Å². The maximum Gasteiger partial charge on any atom is 0.412 e. The molecule has 0 bridgehead atoms. The van der Waals surface area contributed by atoms with Crippen LogP contribution in [0.25, 0.3) is 0 Å². The lowest BCUT2D eigenvalue weighted by Crippen LogP contribution is -2.10. The number of alkyl halides is 3. The number of halogens is 3. The molecule has 0 heterocycles. The fourth-order valence-corrected chi connectivity index (χ4v) is 0.895. The highest BCUT2D eigenvalue weighted by molar-refractivity contribution is 5.21. The maximum atomic E-state index is 12.1. The third kappa shape index (κ3) is 4.06. The largest absolute Gasteiger partial charge is 0.490 e. The molecule has 0 fully saturated rings. The van der Waals surface area contributed by atoms with Crippen LogP contribution in [0.2, 0.25) is 0 Å². The van der Waals surface area contributed by atoms with Gasteiger partial charge in [-0.1, -0.05) is 18.2 Å². The normalized spacial score (nSPS) is 12.7. The predicted molar refractivity (Wildman–Crippen MR) is 51.7 cm³/mol. The Balaban J connectivity index is 2.46. The quantitative estimate of drug-likeness (QED) is 0.702. The van der Waals surface area contributed by atoms with Crippen LogP contribution in [0.4, 0.5) is 13.2 Å². The number of allylic oxidation sites excluding steroid dienone is 1. The fourth-order valence-electron chi connectivity index (χ4n) is 0.895. The molecule has 0 aliphatic heterocycles. The molecule has 0 amide bonds. The topological polar surface area (TPSA) is 9.23 Å². The summed E-state index contributed by atoms with van der Waals surface area (Å²) in [4.78, 5) is 0. The predicted octanol–water partition coefficient (Wildman–Crippen LogP) is 3.57. The highest BCUT2D eigenvalue weighted by atomic mass is 19.4. The van der Waals surface area contributed by atoms with Gasteiger partial charge in [-0.2, -0.15) is 13.2 Å². The van der Waals surface area contributed by atoms with Crippen molar-refractivity contribution in [3.05, 3.63) is 42.0 Å². The third-order valence-electron chi connectivity index (χ3n) is 1.83. The zero-order valence-corrected chi connectivity index (χ0v) is 8.21. The fraction of sp³-hybridized carbons (Fsp3) is 0.273. The van der Waals surface area contributed by atoms with Crippen LogP contribution in [0, 0.1) is 0 Å². The molecule has 0 saturated heterocycles. The van der Waals surface area contributed by atoms with Crippen molar-refractivity contribution < 1.29 is 17.9 Å². The summed E-state index contributed by atoms with van der Waals surface area (Å²) in [5.74, 6) is 0.559. The van der Waals surface area contributed by atoms with Crippen molar-refractivity contribution in [2.24, 2.45) is 0 Å². The lowest BCUT2D eigenvalue weighted by molar-refractivity contribution is -0.0917. The zero-order valence-electron chi connectivity index (χ0n) is 8.21. The summed E-state index contributed by atoms with van der Waals surface area (Å²) in [6, 6.07) is 8.71. The smallest absolute Gasteiger partial charge is 0.412 e. The van der Waals surface area contributed by atoms with Crippen molar-refractivity contribution in [2.45, 2.75) is 13.1 Å². The van der Waals surface area contributed by atoms with Crippen molar-refractivity contribution in [1.82, 2.24) is 0 Å². The van der Waals surface area contributed by atoms with E-state index >= 15 is 0 Å². The number of hydrogen-bond donors (Lipinski definition) is 0. The molecule has 0 radical (unpaired) electrons. The second-order valence-electron chi connectivity index (χ2n) is 3.01. The van der Waals surface area contributed by atoms with Gasteiger partial charge < -0.3 is 4.74 Å². The molecule has 15 heavy (non-hydrogen) atoms. The van der Waals surface area contributed by atoms with Crippen LogP contribution in [0.15, 0.2) is 42.0 Å². The van der Waals surface area contributed by atoms with Crippen LogP contribution in [-0.4, -0.2) is 12.8 Å². The van der Waals surface area contributed by atoms with Gasteiger partial charge in [0.1, 0.15) is 12.4 Å². The molecular weight excluding hydrogens is 205 g/mol. The van der Waals surface area contributed by atoms with E-state index in [4.69, 9.17) is 4.74 Å². The van der Waals surface area contributed by atoms with Crippen molar-refractivity contribution in [3.8, 4) is 5.75 Å². The van der Waals surface area contributed by atoms with Gasteiger partial charge in [0.25, 0.3) is 0 Å². The minimum Gasteiger partial charge on any atom is -0.490 e. The van der Waals surface area contributed by atoms with E-state index in [2.05, 4.69) is 0 Å². The summed E-state index contributed by atoms with van der Waals surface area (Å²) < 4.78 is 41.2. The summed E-state index contributed by atoms with van der Waals surface area (Å²) in [6.45, 7) is 0.948. The minimum atomic E-state index is -4.26. The summed E-state index contributed by atoms with van der Waals surface area (Å²) >= 11 is 0. The first kappa shape index (κ1) is 11.6. The second-order valence-corrected chi connectivity index (χ2v) is 3.01. The van der Waals surface area contributed by atoms with Gasteiger partial charge >= 0.3 is 6.18 Å². The minimum absolute atomic E-state index is 0.0741. The van der Waals surface area contributed by atoms with Gasteiger partial charge in [0, 0.05) is 5.57 Å². The molecule has 0 aromatic heterocycles. The van der Waals surface area contributed by atoms with Crippen LogP contribution in [0.1, 0.15) is 6.92 Å². The number of hydrogen-bond acceptors (Lipinski definition) is 1. The van der Waals surface area contributed by atoms with E-state index in [0.717, 1.165) is 13.0 Å². The van der Waals surface area contributed by atoms with E-state index < -0.39 is 11.7 Å². The van der Waals surface area contributed by atoms with Crippen LogP contribution in [0.5, 0.6) is 5.75 Å². The highest BCUT2D eigenvalue weighted by Crippen LogP contribution is 2.24. The molecule has 1 aromatic rings. The van der Waals surface area contributed by atoms with Crippen molar-refractivity contribution >= 4 is 0 Å². The Morgan fingerprint density at radius 3 is 2.40 bits per heavy atom. The number of benzene rings is 1. The molecule has 4 heteroatoms. The van der Waals surface area contributed by atoms with Gasteiger partial charge in [0.05, 0.1) is 0 Å². The van der Waals surface area contributed by atoms with Gasteiger partial charge in [-0.05, 0) is 25.1 Å². The average Bonchev–Trinajstić information content (AvgIpc) is 2.18. The second kappa shape index (κ2) is 4.87. The van der Waals surface area contributed by atoms with Crippen LogP contribution in [0.3, 0.4) is 0 Å². The monoisotopic (exact) mass is 216 g/mol. The molecule has 0 atom stereocenters. The maximum absolute atomic E-state index is 12.1. The molecule has 1 rings (SSSR count). The summed E-state index contributed by atoms with van der Waals surface area (Å²) in [5, 5.41) is 0. The lowest BCUT2D eigenvalue weighted by atomic mass is 10.3. The number of para-hydroxylation sites is 1. The Morgan fingerprint density at radius 2 is 1.87 bits per heavy atom. The van der Waals surface area contributed by atoms with Gasteiger partial charge in [0.2, 0.25) is 0 Å². The average molecular weight is 216 g/mol. The Labute approximate surface area is 86.2 Å². The van der Waals surface area contributed by atoms with Gasteiger partial charge in [-0.3, -0.25) is 0 Å². The molecule has 0 aliphatic carbocycles. The highest BCUT2D eigenvalue weighted by Gasteiger charge is 2.29. The molecule has 1 nitrogen and oxygen atoms in total. The molecule has 0 N–H and O–H groups in total. The zero-order chi connectivity index (χ0) is 11.3. The number of ether oxygens (including phenoxy) is 1. The van der Waals surface area contributed by atoms with E-state index in [1.54, 1.807) is 24.3 Å². The first-order valence-electron chi connectivity index (χ1n) is 4.42. The first-order chi connectivity index (χ1) is 7.00. The Bertz CT molecular complexity index is 327. The number of rotatable bonds is 3.